The highest BCUT2D eigenvalue weighted by Crippen LogP contribution is 2.22. The standard InChI is InChI=1S/C13H15NO3S/c1-2-10(12-4-3-7-18-12)14-8-11-9(13(15)16)5-6-17-11/h3-7,10,14H,2,8H2,1H3,(H,15,16). The Labute approximate surface area is 109 Å². The minimum atomic E-state index is -0.954. The molecule has 0 aliphatic rings. The van der Waals surface area contributed by atoms with Crippen molar-refractivity contribution in [1.82, 2.24) is 5.32 Å². The average Bonchev–Trinajstić information content (AvgIpc) is 2.99. The van der Waals surface area contributed by atoms with E-state index in [0.717, 1.165) is 6.42 Å². The quantitative estimate of drug-likeness (QED) is 0.841. The van der Waals surface area contributed by atoms with Crippen molar-refractivity contribution < 1.29 is 14.3 Å². The van der Waals surface area contributed by atoms with E-state index in [2.05, 4.69) is 18.3 Å². The molecule has 0 saturated carbocycles. The van der Waals surface area contributed by atoms with Gasteiger partial charge in [-0.05, 0) is 23.9 Å². The number of furan rings is 1. The molecular weight excluding hydrogens is 250 g/mol. The summed E-state index contributed by atoms with van der Waals surface area (Å²) in [7, 11) is 0. The number of hydrogen-bond donors (Lipinski definition) is 2. The van der Waals surface area contributed by atoms with Crippen LogP contribution in [0.1, 0.15) is 40.4 Å². The zero-order valence-corrected chi connectivity index (χ0v) is 10.9. The Morgan fingerprint density at radius 1 is 1.56 bits per heavy atom. The second-order valence-electron chi connectivity index (χ2n) is 3.92. The van der Waals surface area contributed by atoms with E-state index in [1.165, 1.54) is 17.2 Å². The summed E-state index contributed by atoms with van der Waals surface area (Å²) in [5, 5.41) is 14.3. The molecule has 18 heavy (non-hydrogen) atoms. The maximum absolute atomic E-state index is 10.9. The highest BCUT2D eigenvalue weighted by molar-refractivity contribution is 7.10. The molecule has 5 heteroatoms. The number of hydrogen-bond acceptors (Lipinski definition) is 4. The first kappa shape index (κ1) is 12.9. The Kier molecular flexibility index (Phi) is 4.17. The molecule has 2 aromatic rings. The van der Waals surface area contributed by atoms with Gasteiger partial charge in [0.25, 0.3) is 0 Å². The Morgan fingerprint density at radius 3 is 3.00 bits per heavy atom. The topological polar surface area (TPSA) is 62.5 Å². The normalized spacial score (nSPS) is 12.5. The van der Waals surface area contributed by atoms with Crippen LogP contribution in [0.5, 0.6) is 0 Å². The van der Waals surface area contributed by atoms with E-state index in [-0.39, 0.29) is 11.6 Å². The van der Waals surface area contributed by atoms with Gasteiger partial charge in [0.2, 0.25) is 0 Å². The van der Waals surface area contributed by atoms with Gasteiger partial charge in [0.05, 0.1) is 12.8 Å². The summed E-state index contributed by atoms with van der Waals surface area (Å²) in [6, 6.07) is 5.80. The predicted molar refractivity (Wildman–Crippen MR) is 69.9 cm³/mol. The van der Waals surface area contributed by atoms with Crippen molar-refractivity contribution in [3.05, 3.63) is 46.0 Å². The number of carboxylic acid groups (broad SMARTS) is 1. The Bertz CT molecular complexity index is 504. The van der Waals surface area contributed by atoms with Gasteiger partial charge >= 0.3 is 5.97 Å². The van der Waals surface area contributed by atoms with Crippen LogP contribution in [0, 0.1) is 0 Å². The largest absolute Gasteiger partial charge is 0.478 e. The third-order valence-electron chi connectivity index (χ3n) is 2.78. The number of aromatic carboxylic acids is 1. The van der Waals surface area contributed by atoms with Crippen molar-refractivity contribution in [1.29, 1.82) is 0 Å². The molecule has 4 nitrogen and oxygen atoms in total. The predicted octanol–water partition coefficient (Wildman–Crippen LogP) is 3.28. The summed E-state index contributed by atoms with van der Waals surface area (Å²) in [6.07, 6.45) is 2.36. The Hall–Kier alpha value is -1.59. The van der Waals surface area contributed by atoms with Crippen LogP contribution in [0.15, 0.2) is 34.3 Å². The van der Waals surface area contributed by atoms with Crippen LogP contribution in [-0.4, -0.2) is 11.1 Å². The van der Waals surface area contributed by atoms with Crippen LogP contribution in [0.2, 0.25) is 0 Å². The summed E-state index contributed by atoms with van der Waals surface area (Å²) >= 11 is 1.69. The van der Waals surface area contributed by atoms with E-state index in [4.69, 9.17) is 9.52 Å². The molecule has 0 saturated heterocycles. The van der Waals surface area contributed by atoms with Gasteiger partial charge < -0.3 is 14.8 Å². The fourth-order valence-electron chi connectivity index (χ4n) is 1.82. The number of carbonyl (C=O) groups is 1. The lowest BCUT2D eigenvalue weighted by Gasteiger charge is -2.14. The molecule has 0 fully saturated rings. The van der Waals surface area contributed by atoms with Gasteiger partial charge in [-0.1, -0.05) is 13.0 Å². The van der Waals surface area contributed by atoms with Crippen molar-refractivity contribution in [2.24, 2.45) is 0 Å². The van der Waals surface area contributed by atoms with E-state index in [0.29, 0.717) is 12.3 Å². The second-order valence-corrected chi connectivity index (χ2v) is 4.90. The molecule has 0 spiro atoms. The summed E-state index contributed by atoms with van der Waals surface area (Å²) in [5.74, 6) is -0.484. The van der Waals surface area contributed by atoms with Crippen LogP contribution in [0.3, 0.4) is 0 Å². The first-order valence-electron chi connectivity index (χ1n) is 5.78. The average molecular weight is 265 g/mol. The van der Waals surface area contributed by atoms with Gasteiger partial charge in [0, 0.05) is 10.9 Å². The van der Waals surface area contributed by atoms with Gasteiger partial charge in [0.1, 0.15) is 11.3 Å². The van der Waals surface area contributed by atoms with Crippen LogP contribution >= 0.6 is 11.3 Å². The maximum atomic E-state index is 10.9. The van der Waals surface area contributed by atoms with Crippen molar-refractivity contribution in [2.45, 2.75) is 25.9 Å². The summed E-state index contributed by atoms with van der Waals surface area (Å²) < 4.78 is 5.20. The summed E-state index contributed by atoms with van der Waals surface area (Å²) in [4.78, 5) is 12.2. The smallest absolute Gasteiger partial charge is 0.339 e. The van der Waals surface area contributed by atoms with Gasteiger partial charge in [0.15, 0.2) is 0 Å². The molecule has 96 valence electrons. The molecule has 1 unspecified atom stereocenters. The molecule has 2 N–H and O–H groups in total. The molecule has 0 amide bonds. The molecule has 0 radical (unpaired) electrons. The van der Waals surface area contributed by atoms with E-state index in [1.807, 2.05) is 11.4 Å². The van der Waals surface area contributed by atoms with E-state index < -0.39 is 5.97 Å². The molecule has 1 atom stereocenters. The lowest BCUT2D eigenvalue weighted by atomic mass is 10.1. The van der Waals surface area contributed by atoms with Crippen molar-refractivity contribution in [3.63, 3.8) is 0 Å². The SMILES string of the molecule is CCC(NCc1occc1C(=O)O)c1cccs1. The van der Waals surface area contributed by atoms with Crippen molar-refractivity contribution in [3.8, 4) is 0 Å². The number of nitrogens with one attached hydrogen (secondary N) is 1. The van der Waals surface area contributed by atoms with E-state index in [9.17, 15) is 4.79 Å². The maximum Gasteiger partial charge on any atom is 0.339 e. The fourth-order valence-corrected chi connectivity index (χ4v) is 2.71. The van der Waals surface area contributed by atoms with Crippen LogP contribution in [0.25, 0.3) is 0 Å². The van der Waals surface area contributed by atoms with Crippen LogP contribution < -0.4 is 5.32 Å². The van der Waals surface area contributed by atoms with Crippen LogP contribution in [0.4, 0.5) is 0 Å². The van der Waals surface area contributed by atoms with Gasteiger partial charge in [-0.15, -0.1) is 11.3 Å². The summed E-state index contributed by atoms with van der Waals surface area (Å²) in [6.45, 7) is 2.52. The highest BCUT2D eigenvalue weighted by atomic mass is 32.1. The number of rotatable bonds is 6. The molecular formula is C13H15NO3S. The lowest BCUT2D eigenvalue weighted by Crippen LogP contribution is -2.20. The molecule has 2 heterocycles. The number of thiophene rings is 1. The van der Waals surface area contributed by atoms with Crippen LogP contribution in [-0.2, 0) is 6.54 Å². The molecule has 0 bridgehead atoms. The van der Waals surface area contributed by atoms with Crippen molar-refractivity contribution >= 4 is 17.3 Å². The third kappa shape index (κ3) is 2.80. The molecule has 2 rings (SSSR count). The fraction of sp³-hybridized carbons (Fsp3) is 0.308. The summed E-state index contributed by atoms with van der Waals surface area (Å²) in [5.41, 5.74) is 0.225. The Morgan fingerprint density at radius 2 is 2.39 bits per heavy atom. The first-order valence-corrected chi connectivity index (χ1v) is 6.66. The molecule has 0 aliphatic carbocycles. The van der Waals surface area contributed by atoms with E-state index in [1.54, 1.807) is 11.3 Å². The molecule has 0 aromatic carbocycles. The zero-order chi connectivity index (χ0) is 13.0. The zero-order valence-electron chi connectivity index (χ0n) is 10.1. The van der Waals surface area contributed by atoms with E-state index >= 15 is 0 Å². The second kappa shape index (κ2) is 5.84. The van der Waals surface area contributed by atoms with Gasteiger partial charge in [-0.3, -0.25) is 0 Å². The van der Waals surface area contributed by atoms with Gasteiger partial charge in [-0.2, -0.15) is 0 Å². The molecule has 2 aromatic heterocycles. The lowest BCUT2D eigenvalue weighted by molar-refractivity contribution is 0.0694. The monoisotopic (exact) mass is 265 g/mol. The highest BCUT2D eigenvalue weighted by Gasteiger charge is 2.15. The van der Waals surface area contributed by atoms with Gasteiger partial charge in [-0.25, -0.2) is 4.79 Å². The Balaban J connectivity index is 2.02. The first-order chi connectivity index (χ1) is 8.72. The molecule has 0 aliphatic heterocycles. The minimum absolute atomic E-state index is 0.225. The number of carboxylic acids is 1. The van der Waals surface area contributed by atoms with Crippen molar-refractivity contribution in [2.75, 3.05) is 0 Å². The third-order valence-corrected chi connectivity index (χ3v) is 3.77. The minimum Gasteiger partial charge on any atom is -0.478 e.